The van der Waals surface area contributed by atoms with Gasteiger partial charge in [0.1, 0.15) is 0 Å². The summed E-state index contributed by atoms with van der Waals surface area (Å²) >= 11 is 0. The lowest BCUT2D eigenvalue weighted by Gasteiger charge is -2.23. The Morgan fingerprint density at radius 2 is 1.82 bits per heavy atom. The second kappa shape index (κ2) is 5.98. The fourth-order valence-corrected chi connectivity index (χ4v) is 3.64. The molecule has 5 heteroatoms. The molecule has 1 fully saturated rings. The van der Waals surface area contributed by atoms with Crippen LogP contribution in [0.5, 0.6) is 0 Å². The summed E-state index contributed by atoms with van der Waals surface area (Å²) < 4.78 is 31.4. The molecule has 17 heavy (non-hydrogen) atoms. The Morgan fingerprint density at radius 3 is 2.47 bits per heavy atom. The van der Waals surface area contributed by atoms with Crippen molar-refractivity contribution in [1.82, 2.24) is 4.72 Å². The fraction of sp³-hybridized carbons (Fsp3) is 0.833. The number of nitrogens with one attached hydrogen (secondary N) is 1. The molecule has 0 amide bonds. The fourth-order valence-electron chi connectivity index (χ4n) is 2.46. The van der Waals surface area contributed by atoms with Crippen molar-refractivity contribution in [2.45, 2.75) is 63.5 Å². The lowest BCUT2D eigenvalue weighted by Crippen LogP contribution is -2.37. The first kappa shape index (κ1) is 13.1. The van der Waals surface area contributed by atoms with Crippen molar-refractivity contribution in [3.8, 4) is 0 Å². The molecule has 0 aromatic rings. The molecule has 1 N–H and O–H groups in total. The van der Waals surface area contributed by atoms with Crippen LogP contribution in [-0.4, -0.2) is 20.6 Å². The van der Waals surface area contributed by atoms with Crippen molar-refractivity contribution in [2.24, 2.45) is 0 Å². The Labute approximate surface area is 104 Å². The van der Waals surface area contributed by atoms with Gasteiger partial charge in [-0.1, -0.05) is 31.4 Å². The first-order valence-corrected chi connectivity index (χ1v) is 7.94. The summed E-state index contributed by atoms with van der Waals surface area (Å²) in [6, 6.07) is -0.0858. The molecule has 0 bridgehead atoms. The molecule has 0 heterocycles. The van der Waals surface area contributed by atoms with Crippen molar-refractivity contribution in [3.05, 3.63) is 12.2 Å². The standard InChI is InChI=1S/C12H21NO3S/c14-17(15,13-11-7-3-1-4-8-11)16-12-9-5-2-6-10-12/h3,7,11-13H,1-2,4-6,8-10H2. The molecule has 2 aliphatic rings. The average molecular weight is 259 g/mol. The molecule has 2 rings (SSSR count). The molecule has 1 saturated carbocycles. The minimum atomic E-state index is -3.58. The Balaban J connectivity index is 1.84. The van der Waals surface area contributed by atoms with E-state index in [-0.39, 0.29) is 12.1 Å². The van der Waals surface area contributed by atoms with Crippen LogP contribution in [0.2, 0.25) is 0 Å². The van der Waals surface area contributed by atoms with Gasteiger partial charge >= 0.3 is 10.3 Å². The van der Waals surface area contributed by atoms with Crippen LogP contribution in [0.25, 0.3) is 0 Å². The van der Waals surface area contributed by atoms with E-state index in [2.05, 4.69) is 4.72 Å². The topological polar surface area (TPSA) is 55.4 Å². The Kier molecular flexibility index (Phi) is 4.59. The zero-order valence-corrected chi connectivity index (χ0v) is 10.9. The molecule has 0 saturated heterocycles. The van der Waals surface area contributed by atoms with Gasteiger partial charge < -0.3 is 0 Å². The molecular formula is C12H21NO3S. The van der Waals surface area contributed by atoms with E-state index in [9.17, 15) is 8.42 Å². The first-order chi connectivity index (χ1) is 8.16. The first-order valence-electron chi connectivity index (χ1n) is 6.53. The highest BCUT2D eigenvalue weighted by Crippen LogP contribution is 2.22. The lowest BCUT2D eigenvalue weighted by molar-refractivity contribution is 0.158. The van der Waals surface area contributed by atoms with Crippen molar-refractivity contribution in [3.63, 3.8) is 0 Å². The minimum Gasteiger partial charge on any atom is -0.255 e. The van der Waals surface area contributed by atoms with Crippen LogP contribution in [0.4, 0.5) is 0 Å². The van der Waals surface area contributed by atoms with E-state index >= 15 is 0 Å². The van der Waals surface area contributed by atoms with Crippen LogP contribution in [0.3, 0.4) is 0 Å². The van der Waals surface area contributed by atoms with E-state index in [0.29, 0.717) is 0 Å². The zero-order valence-electron chi connectivity index (χ0n) is 10.1. The predicted octanol–water partition coefficient (Wildman–Crippen LogP) is 2.28. The summed E-state index contributed by atoms with van der Waals surface area (Å²) in [7, 11) is -3.58. The quantitative estimate of drug-likeness (QED) is 0.788. The molecule has 0 spiro atoms. The average Bonchev–Trinajstić information content (AvgIpc) is 2.30. The van der Waals surface area contributed by atoms with Gasteiger partial charge in [0.2, 0.25) is 0 Å². The number of hydrogen-bond acceptors (Lipinski definition) is 3. The molecule has 0 aromatic heterocycles. The van der Waals surface area contributed by atoms with Gasteiger partial charge in [-0.3, -0.25) is 4.18 Å². The van der Waals surface area contributed by atoms with Gasteiger partial charge in [-0.2, -0.15) is 13.1 Å². The van der Waals surface area contributed by atoms with Crippen molar-refractivity contribution >= 4 is 10.3 Å². The summed E-state index contributed by atoms with van der Waals surface area (Å²) in [5.74, 6) is 0. The van der Waals surface area contributed by atoms with Crippen LogP contribution >= 0.6 is 0 Å². The van der Waals surface area contributed by atoms with Crippen LogP contribution in [0.15, 0.2) is 12.2 Å². The van der Waals surface area contributed by atoms with E-state index in [1.807, 2.05) is 12.2 Å². The third kappa shape index (κ3) is 4.41. The van der Waals surface area contributed by atoms with Crippen molar-refractivity contribution in [1.29, 1.82) is 0 Å². The monoisotopic (exact) mass is 259 g/mol. The van der Waals surface area contributed by atoms with Gasteiger partial charge in [-0.25, -0.2) is 0 Å². The highest BCUT2D eigenvalue weighted by molar-refractivity contribution is 7.84. The Bertz CT molecular complexity index is 358. The molecule has 4 nitrogen and oxygen atoms in total. The molecular weight excluding hydrogens is 238 g/mol. The summed E-state index contributed by atoms with van der Waals surface area (Å²) in [6.07, 6.45) is 11.8. The summed E-state index contributed by atoms with van der Waals surface area (Å²) in [5.41, 5.74) is 0. The zero-order chi connectivity index (χ0) is 12.1. The number of allylic oxidation sites excluding steroid dienone is 1. The largest absolute Gasteiger partial charge is 0.336 e. The highest BCUT2D eigenvalue weighted by atomic mass is 32.2. The molecule has 1 unspecified atom stereocenters. The maximum Gasteiger partial charge on any atom is 0.336 e. The van der Waals surface area contributed by atoms with Crippen molar-refractivity contribution in [2.75, 3.05) is 0 Å². The molecule has 2 aliphatic carbocycles. The lowest BCUT2D eigenvalue weighted by atomic mass is 9.98. The second-order valence-electron chi connectivity index (χ2n) is 4.89. The van der Waals surface area contributed by atoms with Crippen LogP contribution in [0.1, 0.15) is 51.4 Å². The van der Waals surface area contributed by atoms with Gasteiger partial charge in [0.25, 0.3) is 0 Å². The predicted molar refractivity (Wildman–Crippen MR) is 66.8 cm³/mol. The third-order valence-electron chi connectivity index (χ3n) is 3.36. The summed E-state index contributed by atoms with van der Waals surface area (Å²) in [6.45, 7) is 0. The maximum absolute atomic E-state index is 11.8. The smallest absolute Gasteiger partial charge is 0.255 e. The Morgan fingerprint density at radius 1 is 1.06 bits per heavy atom. The number of hydrogen-bond donors (Lipinski definition) is 1. The van der Waals surface area contributed by atoms with Gasteiger partial charge in [-0.05, 0) is 32.1 Å². The van der Waals surface area contributed by atoms with E-state index in [4.69, 9.17) is 4.18 Å². The van der Waals surface area contributed by atoms with Gasteiger partial charge in [0, 0.05) is 6.04 Å². The SMILES string of the molecule is O=S(=O)(NC1C=CCCC1)OC1CCCCC1. The van der Waals surface area contributed by atoms with Gasteiger partial charge in [0.15, 0.2) is 0 Å². The Hall–Kier alpha value is -0.390. The molecule has 1 atom stereocenters. The normalized spacial score (nSPS) is 27.2. The van der Waals surface area contributed by atoms with Crippen LogP contribution in [0, 0.1) is 0 Å². The van der Waals surface area contributed by atoms with Gasteiger partial charge in [0.05, 0.1) is 6.10 Å². The maximum atomic E-state index is 11.8. The minimum absolute atomic E-state index is 0.0858. The summed E-state index contributed by atoms with van der Waals surface area (Å²) in [4.78, 5) is 0. The molecule has 0 aliphatic heterocycles. The third-order valence-corrected chi connectivity index (χ3v) is 4.48. The van der Waals surface area contributed by atoms with Crippen LogP contribution < -0.4 is 4.72 Å². The number of rotatable bonds is 4. The van der Waals surface area contributed by atoms with E-state index in [1.165, 1.54) is 6.42 Å². The van der Waals surface area contributed by atoms with Gasteiger partial charge in [-0.15, -0.1) is 0 Å². The molecule has 98 valence electrons. The molecule has 0 radical (unpaired) electrons. The van der Waals surface area contributed by atoms with E-state index in [0.717, 1.165) is 44.9 Å². The second-order valence-corrected chi connectivity index (χ2v) is 6.23. The van der Waals surface area contributed by atoms with E-state index < -0.39 is 10.3 Å². The highest BCUT2D eigenvalue weighted by Gasteiger charge is 2.23. The molecule has 0 aromatic carbocycles. The summed E-state index contributed by atoms with van der Waals surface area (Å²) in [5, 5.41) is 0. The van der Waals surface area contributed by atoms with Crippen molar-refractivity contribution < 1.29 is 12.6 Å². The van der Waals surface area contributed by atoms with E-state index in [1.54, 1.807) is 0 Å². The van der Waals surface area contributed by atoms with Crippen LogP contribution in [-0.2, 0) is 14.5 Å².